The van der Waals surface area contributed by atoms with Gasteiger partial charge in [-0.05, 0) is 0 Å². The standard InChI is InChI=1S/C10H12N6O/c1-11-8-6-4-17-3-2-7(6)14-10(15-8)9-12-5-13-16-9/h5H,2-4H2,1H3,(H,11,14,15)(H,12,13,16). The van der Waals surface area contributed by atoms with Gasteiger partial charge >= 0.3 is 0 Å². The normalized spacial score (nSPS) is 14.4. The summed E-state index contributed by atoms with van der Waals surface area (Å²) in [5.41, 5.74) is 2.05. The lowest BCUT2D eigenvalue weighted by Crippen LogP contribution is -2.16. The van der Waals surface area contributed by atoms with Crippen LogP contribution < -0.4 is 5.32 Å². The Kier molecular flexibility index (Phi) is 2.45. The summed E-state index contributed by atoms with van der Waals surface area (Å²) in [5, 5.41) is 9.64. The number of hydrogen-bond donors (Lipinski definition) is 2. The molecule has 0 saturated heterocycles. The number of aromatic amines is 1. The topological polar surface area (TPSA) is 88.6 Å². The van der Waals surface area contributed by atoms with Crippen molar-refractivity contribution >= 4 is 5.82 Å². The van der Waals surface area contributed by atoms with Crippen LogP contribution in [-0.4, -0.2) is 38.8 Å². The molecule has 3 rings (SSSR count). The molecule has 0 fully saturated rings. The summed E-state index contributed by atoms with van der Waals surface area (Å²) >= 11 is 0. The van der Waals surface area contributed by atoms with Crippen LogP contribution in [0.2, 0.25) is 0 Å². The number of ether oxygens (including phenoxy) is 1. The van der Waals surface area contributed by atoms with E-state index < -0.39 is 0 Å². The molecule has 1 aliphatic heterocycles. The molecule has 0 unspecified atom stereocenters. The van der Waals surface area contributed by atoms with E-state index in [0.29, 0.717) is 24.9 Å². The van der Waals surface area contributed by atoms with Crippen molar-refractivity contribution in [3.05, 3.63) is 17.6 Å². The Labute approximate surface area is 97.7 Å². The molecule has 0 saturated carbocycles. The molecule has 17 heavy (non-hydrogen) atoms. The molecule has 3 heterocycles. The Morgan fingerprint density at radius 2 is 2.35 bits per heavy atom. The van der Waals surface area contributed by atoms with E-state index in [1.165, 1.54) is 6.33 Å². The zero-order valence-electron chi connectivity index (χ0n) is 9.40. The molecule has 0 radical (unpaired) electrons. The van der Waals surface area contributed by atoms with Crippen LogP contribution in [-0.2, 0) is 17.8 Å². The van der Waals surface area contributed by atoms with Crippen molar-refractivity contribution in [3.8, 4) is 11.6 Å². The monoisotopic (exact) mass is 232 g/mol. The maximum Gasteiger partial charge on any atom is 0.199 e. The lowest BCUT2D eigenvalue weighted by atomic mass is 10.1. The van der Waals surface area contributed by atoms with E-state index in [9.17, 15) is 0 Å². The number of hydrogen-bond acceptors (Lipinski definition) is 6. The van der Waals surface area contributed by atoms with Gasteiger partial charge < -0.3 is 10.1 Å². The van der Waals surface area contributed by atoms with Crippen LogP contribution >= 0.6 is 0 Å². The minimum atomic E-state index is 0.558. The van der Waals surface area contributed by atoms with Crippen molar-refractivity contribution in [2.24, 2.45) is 0 Å². The van der Waals surface area contributed by atoms with Crippen molar-refractivity contribution < 1.29 is 4.74 Å². The van der Waals surface area contributed by atoms with Gasteiger partial charge in [0.1, 0.15) is 12.1 Å². The van der Waals surface area contributed by atoms with Gasteiger partial charge in [-0.2, -0.15) is 5.10 Å². The molecular formula is C10H12N6O. The molecule has 0 bridgehead atoms. The summed E-state index contributed by atoms with van der Waals surface area (Å²) in [6.07, 6.45) is 2.24. The predicted molar refractivity (Wildman–Crippen MR) is 60.3 cm³/mol. The van der Waals surface area contributed by atoms with Crippen molar-refractivity contribution in [2.75, 3.05) is 19.0 Å². The highest BCUT2D eigenvalue weighted by Crippen LogP contribution is 2.24. The maximum absolute atomic E-state index is 5.41. The first-order chi connectivity index (χ1) is 8.38. The third-order valence-electron chi connectivity index (χ3n) is 2.69. The highest BCUT2D eigenvalue weighted by Gasteiger charge is 2.18. The van der Waals surface area contributed by atoms with Gasteiger partial charge in [-0.25, -0.2) is 15.0 Å². The summed E-state index contributed by atoms with van der Waals surface area (Å²) in [7, 11) is 1.83. The zero-order valence-corrected chi connectivity index (χ0v) is 9.40. The van der Waals surface area contributed by atoms with E-state index in [1.54, 1.807) is 0 Å². The number of aromatic nitrogens is 5. The Morgan fingerprint density at radius 1 is 1.41 bits per heavy atom. The second kappa shape index (κ2) is 4.10. The third-order valence-corrected chi connectivity index (χ3v) is 2.69. The van der Waals surface area contributed by atoms with Gasteiger partial charge in [-0.1, -0.05) is 0 Å². The fraction of sp³-hybridized carbons (Fsp3) is 0.400. The second-order valence-electron chi connectivity index (χ2n) is 3.71. The Bertz CT molecular complexity index is 507. The molecule has 0 amide bonds. The van der Waals surface area contributed by atoms with Crippen LogP contribution in [0.5, 0.6) is 0 Å². The highest BCUT2D eigenvalue weighted by atomic mass is 16.5. The zero-order chi connectivity index (χ0) is 11.7. The summed E-state index contributed by atoms with van der Waals surface area (Å²) in [4.78, 5) is 13.0. The van der Waals surface area contributed by atoms with Gasteiger partial charge in [0.15, 0.2) is 11.6 Å². The summed E-state index contributed by atoms with van der Waals surface area (Å²) in [6, 6.07) is 0. The molecule has 0 aliphatic carbocycles. The fourth-order valence-electron chi connectivity index (χ4n) is 1.86. The molecule has 2 aromatic heterocycles. The van der Waals surface area contributed by atoms with Crippen LogP contribution in [0.15, 0.2) is 6.33 Å². The van der Waals surface area contributed by atoms with E-state index in [4.69, 9.17) is 4.74 Å². The number of nitrogens with one attached hydrogen (secondary N) is 2. The fourth-order valence-corrected chi connectivity index (χ4v) is 1.86. The van der Waals surface area contributed by atoms with Crippen molar-refractivity contribution in [1.82, 2.24) is 25.1 Å². The van der Waals surface area contributed by atoms with Gasteiger partial charge in [0, 0.05) is 19.0 Å². The number of H-pyrrole nitrogens is 1. The largest absolute Gasteiger partial charge is 0.376 e. The quantitative estimate of drug-likeness (QED) is 0.778. The lowest BCUT2D eigenvalue weighted by Gasteiger charge is -2.18. The van der Waals surface area contributed by atoms with E-state index in [-0.39, 0.29) is 0 Å². The molecule has 7 heteroatoms. The van der Waals surface area contributed by atoms with Crippen molar-refractivity contribution in [2.45, 2.75) is 13.0 Å². The number of rotatable bonds is 2. The minimum absolute atomic E-state index is 0.558. The molecule has 2 aromatic rings. The Hall–Kier alpha value is -2.02. The first-order valence-electron chi connectivity index (χ1n) is 5.39. The molecule has 0 aromatic carbocycles. The van der Waals surface area contributed by atoms with Gasteiger partial charge in [0.25, 0.3) is 0 Å². The molecule has 0 atom stereocenters. The first-order valence-corrected chi connectivity index (χ1v) is 5.39. The van der Waals surface area contributed by atoms with E-state index in [0.717, 1.165) is 23.5 Å². The number of anilines is 1. The molecule has 7 nitrogen and oxygen atoms in total. The van der Waals surface area contributed by atoms with Crippen LogP contribution in [0.1, 0.15) is 11.3 Å². The summed E-state index contributed by atoms with van der Waals surface area (Å²) in [6.45, 7) is 1.26. The van der Waals surface area contributed by atoms with Crippen LogP contribution in [0.25, 0.3) is 11.6 Å². The number of nitrogens with zero attached hydrogens (tertiary/aromatic N) is 4. The SMILES string of the molecule is CNc1nc(-c2ncn[nH]2)nc2c1COCC2. The second-order valence-corrected chi connectivity index (χ2v) is 3.71. The molecule has 88 valence electrons. The van der Waals surface area contributed by atoms with E-state index in [1.807, 2.05) is 7.05 Å². The van der Waals surface area contributed by atoms with Gasteiger partial charge in [0.05, 0.1) is 18.9 Å². The van der Waals surface area contributed by atoms with Crippen LogP contribution in [0.3, 0.4) is 0 Å². The Morgan fingerprint density at radius 3 is 3.12 bits per heavy atom. The Balaban J connectivity index is 2.12. The van der Waals surface area contributed by atoms with Crippen molar-refractivity contribution in [3.63, 3.8) is 0 Å². The number of fused-ring (bicyclic) bond motifs is 1. The predicted octanol–water partition coefficient (Wildman–Crippen LogP) is 0.376. The van der Waals surface area contributed by atoms with E-state index in [2.05, 4.69) is 30.5 Å². The van der Waals surface area contributed by atoms with Gasteiger partial charge in [0.2, 0.25) is 0 Å². The molecule has 1 aliphatic rings. The third kappa shape index (κ3) is 1.74. The van der Waals surface area contributed by atoms with Crippen LogP contribution in [0.4, 0.5) is 5.82 Å². The average Bonchev–Trinajstić information content (AvgIpc) is 2.91. The molecule has 2 N–H and O–H groups in total. The molecule has 0 spiro atoms. The van der Waals surface area contributed by atoms with Gasteiger partial charge in [-0.3, -0.25) is 5.10 Å². The lowest BCUT2D eigenvalue weighted by molar-refractivity contribution is 0.109. The smallest absolute Gasteiger partial charge is 0.199 e. The minimum Gasteiger partial charge on any atom is -0.376 e. The van der Waals surface area contributed by atoms with Crippen molar-refractivity contribution in [1.29, 1.82) is 0 Å². The van der Waals surface area contributed by atoms with Gasteiger partial charge in [-0.15, -0.1) is 0 Å². The van der Waals surface area contributed by atoms with E-state index >= 15 is 0 Å². The maximum atomic E-state index is 5.41. The highest BCUT2D eigenvalue weighted by molar-refractivity contribution is 5.54. The molecular weight excluding hydrogens is 220 g/mol. The van der Waals surface area contributed by atoms with Crippen LogP contribution in [0, 0.1) is 0 Å². The summed E-state index contributed by atoms with van der Waals surface area (Å²) < 4.78 is 5.41. The first kappa shape index (κ1) is 10.2. The average molecular weight is 232 g/mol. The summed E-state index contributed by atoms with van der Waals surface area (Å²) in [5.74, 6) is 1.93.